The number of fused-ring (bicyclic) bond motifs is 1. The van der Waals surface area contributed by atoms with Gasteiger partial charge in [-0.05, 0) is 31.2 Å². The maximum Gasteiger partial charge on any atom is 0.255 e. The Balaban J connectivity index is 1.52. The van der Waals surface area contributed by atoms with Crippen LogP contribution in [0, 0.1) is 0 Å². The number of hydrogen-bond acceptors (Lipinski definition) is 5. The summed E-state index contributed by atoms with van der Waals surface area (Å²) in [5.74, 6) is 2.20. The fourth-order valence-electron chi connectivity index (χ4n) is 3.50. The summed E-state index contributed by atoms with van der Waals surface area (Å²) < 4.78 is 11.4. The molecule has 1 aromatic heterocycles. The summed E-state index contributed by atoms with van der Waals surface area (Å²) in [7, 11) is 0. The van der Waals surface area contributed by atoms with Gasteiger partial charge in [0.15, 0.2) is 5.89 Å². The molecule has 132 valence electrons. The summed E-state index contributed by atoms with van der Waals surface area (Å²) in [6.45, 7) is 2.75. The lowest BCUT2D eigenvalue weighted by molar-refractivity contribution is 0.0722. The first kappa shape index (κ1) is 16.7. The zero-order chi connectivity index (χ0) is 17.2. The Morgan fingerprint density at radius 2 is 2.08 bits per heavy atom. The van der Waals surface area contributed by atoms with E-state index in [9.17, 15) is 4.79 Å². The third-order valence-corrected chi connectivity index (χ3v) is 5.74. The first-order valence-corrected chi connectivity index (χ1v) is 9.97. The van der Waals surface area contributed by atoms with Gasteiger partial charge in [0.1, 0.15) is 11.5 Å². The van der Waals surface area contributed by atoms with E-state index in [1.165, 1.54) is 0 Å². The maximum atomic E-state index is 12.9. The number of carbonyl (C=O) groups excluding carboxylic acids is 1. The predicted octanol–water partition coefficient (Wildman–Crippen LogP) is 3.49. The molecule has 0 N–H and O–H groups in total. The number of carbonyl (C=O) groups is 1. The molecule has 5 nitrogen and oxygen atoms in total. The van der Waals surface area contributed by atoms with Crippen LogP contribution in [0.3, 0.4) is 0 Å². The zero-order valence-electron chi connectivity index (χ0n) is 14.4. The molecule has 2 aromatic rings. The minimum Gasteiger partial charge on any atom is -0.445 e. The van der Waals surface area contributed by atoms with Crippen molar-refractivity contribution in [2.24, 2.45) is 0 Å². The van der Waals surface area contributed by atoms with Crippen LogP contribution in [0.25, 0.3) is 0 Å². The highest BCUT2D eigenvalue weighted by Gasteiger charge is 2.29. The van der Waals surface area contributed by atoms with E-state index >= 15 is 0 Å². The molecule has 0 saturated carbocycles. The van der Waals surface area contributed by atoms with E-state index in [0.717, 1.165) is 60.3 Å². The highest BCUT2D eigenvalue weighted by molar-refractivity contribution is 7.98. The first-order valence-electron chi connectivity index (χ1n) is 8.74. The minimum atomic E-state index is 0.0752. The topological polar surface area (TPSA) is 55.6 Å². The van der Waals surface area contributed by atoms with Gasteiger partial charge in [-0.2, -0.15) is 0 Å². The molecule has 3 heterocycles. The lowest BCUT2D eigenvalue weighted by Gasteiger charge is -2.26. The highest BCUT2D eigenvalue weighted by atomic mass is 32.2. The molecule has 1 aromatic carbocycles. The first-order chi connectivity index (χ1) is 12.3. The van der Waals surface area contributed by atoms with Crippen molar-refractivity contribution in [1.82, 2.24) is 9.88 Å². The quantitative estimate of drug-likeness (QED) is 0.786. The molecule has 25 heavy (non-hydrogen) atoms. The number of ether oxygens (including phenoxy) is 1. The second-order valence-corrected chi connectivity index (χ2v) is 7.33. The van der Waals surface area contributed by atoms with Gasteiger partial charge in [-0.1, -0.05) is 12.1 Å². The van der Waals surface area contributed by atoms with E-state index in [1.807, 2.05) is 35.4 Å². The Morgan fingerprint density at radius 1 is 1.28 bits per heavy atom. The van der Waals surface area contributed by atoms with Gasteiger partial charge in [-0.3, -0.25) is 4.79 Å². The molecule has 0 spiro atoms. The molecule has 0 radical (unpaired) electrons. The third-order valence-electron chi connectivity index (χ3n) is 4.94. The summed E-state index contributed by atoms with van der Waals surface area (Å²) >= 11 is 1.60. The van der Waals surface area contributed by atoms with Gasteiger partial charge < -0.3 is 14.1 Å². The number of nitrogens with zero attached hydrogens (tertiary/aromatic N) is 2. The van der Waals surface area contributed by atoms with Crippen LogP contribution >= 0.6 is 11.8 Å². The normalized spacial score (nSPS) is 18.2. The number of oxazole rings is 1. The van der Waals surface area contributed by atoms with Crippen molar-refractivity contribution in [3.63, 3.8) is 0 Å². The average molecular weight is 358 g/mol. The molecule has 0 atom stereocenters. The minimum absolute atomic E-state index is 0.0752. The van der Waals surface area contributed by atoms with E-state index in [0.29, 0.717) is 19.0 Å². The lowest BCUT2D eigenvalue weighted by atomic mass is 10.0. The van der Waals surface area contributed by atoms with Crippen molar-refractivity contribution < 1.29 is 13.9 Å². The molecule has 0 aliphatic carbocycles. The van der Waals surface area contributed by atoms with Crippen LogP contribution < -0.4 is 0 Å². The number of thioether (sulfide) groups is 1. The van der Waals surface area contributed by atoms with E-state index in [-0.39, 0.29) is 5.91 Å². The Morgan fingerprint density at radius 3 is 2.88 bits per heavy atom. The van der Waals surface area contributed by atoms with E-state index in [2.05, 4.69) is 0 Å². The number of rotatable bonds is 3. The monoisotopic (exact) mass is 358 g/mol. The smallest absolute Gasteiger partial charge is 0.255 e. The van der Waals surface area contributed by atoms with Gasteiger partial charge in [0.05, 0.1) is 12.1 Å². The van der Waals surface area contributed by atoms with Crippen LogP contribution in [0.4, 0.5) is 0 Å². The van der Waals surface area contributed by atoms with E-state index in [1.54, 1.807) is 11.8 Å². The third kappa shape index (κ3) is 3.33. The largest absolute Gasteiger partial charge is 0.445 e. The summed E-state index contributed by atoms with van der Waals surface area (Å²) in [5.41, 5.74) is 1.69. The number of aromatic nitrogens is 1. The summed E-state index contributed by atoms with van der Waals surface area (Å²) in [6, 6.07) is 7.78. The summed E-state index contributed by atoms with van der Waals surface area (Å²) in [6.07, 6.45) is 4.66. The average Bonchev–Trinajstić information content (AvgIpc) is 3.11. The standard InChI is InChI=1S/C19H22N2O3S/c1-25-17-5-3-2-4-14(17)19(22)21-9-6-16-15(12-21)20-18(24-16)13-7-10-23-11-8-13/h2-5,13H,6-12H2,1H3. The van der Waals surface area contributed by atoms with Crippen molar-refractivity contribution >= 4 is 17.7 Å². The molecule has 1 saturated heterocycles. The van der Waals surface area contributed by atoms with E-state index in [4.69, 9.17) is 14.1 Å². The van der Waals surface area contributed by atoms with Crippen molar-refractivity contribution in [1.29, 1.82) is 0 Å². The fourth-order valence-corrected chi connectivity index (χ4v) is 4.09. The highest BCUT2D eigenvalue weighted by Crippen LogP contribution is 2.31. The molecule has 2 aliphatic rings. The van der Waals surface area contributed by atoms with Crippen LogP contribution in [-0.4, -0.2) is 41.8 Å². The maximum absolute atomic E-state index is 12.9. The van der Waals surface area contributed by atoms with Crippen molar-refractivity contribution in [3.8, 4) is 0 Å². The molecule has 2 aliphatic heterocycles. The zero-order valence-corrected chi connectivity index (χ0v) is 15.2. The van der Waals surface area contributed by atoms with Crippen molar-refractivity contribution in [2.75, 3.05) is 26.0 Å². The van der Waals surface area contributed by atoms with Gasteiger partial charge in [-0.25, -0.2) is 4.98 Å². The summed E-state index contributed by atoms with van der Waals surface area (Å²) in [4.78, 5) is 20.6. The molecule has 0 bridgehead atoms. The fraction of sp³-hybridized carbons (Fsp3) is 0.474. The van der Waals surface area contributed by atoms with Gasteiger partial charge >= 0.3 is 0 Å². The Bertz CT molecular complexity index is 768. The lowest BCUT2D eigenvalue weighted by Crippen LogP contribution is -2.36. The van der Waals surface area contributed by atoms with Gasteiger partial charge in [0.2, 0.25) is 0 Å². The molecule has 6 heteroatoms. The molecule has 4 rings (SSSR count). The van der Waals surface area contributed by atoms with E-state index < -0.39 is 0 Å². The summed E-state index contributed by atoms with van der Waals surface area (Å²) in [5, 5.41) is 0. The number of hydrogen-bond donors (Lipinski definition) is 0. The van der Waals surface area contributed by atoms with Gasteiger partial charge in [0.25, 0.3) is 5.91 Å². The Kier molecular flexibility index (Phi) is 4.81. The van der Waals surface area contributed by atoms with Gasteiger partial charge in [0, 0.05) is 37.0 Å². The van der Waals surface area contributed by atoms with Crippen molar-refractivity contribution in [2.45, 2.75) is 36.6 Å². The molecule has 1 fully saturated rings. The SMILES string of the molecule is CSc1ccccc1C(=O)N1CCc2oc(C3CCOCC3)nc2C1. The molecular weight excluding hydrogens is 336 g/mol. The Labute approximate surface area is 151 Å². The predicted molar refractivity (Wildman–Crippen MR) is 96.0 cm³/mol. The molecule has 0 unspecified atom stereocenters. The van der Waals surface area contributed by atoms with Crippen molar-refractivity contribution in [3.05, 3.63) is 47.2 Å². The molecule has 1 amide bonds. The number of benzene rings is 1. The Hall–Kier alpha value is -1.79. The van der Waals surface area contributed by atoms with Crippen LogP contribution in [0.2, 0.25) is 0 Å². The van der Waals surface area contributed by atoms with Crippen LogP contribution in [0.1, 0.15) is 46.5 Å². The van der Waals surface area contributed by atoms with Crippen LogP contribution in [-0.2, 0) is 17.7 Å². The second-order valence-electron chi connectivity index (χ2n) is 6.49. The van der Waals surface area contributed by atoms with Crippen LogP contribution in [0.5, 0.6) is 0 Å². The second kappa shape index (κ2) is 7.22. The van der Waals surface area contributed by atoms with Crippen LogP contribution in [0.15, 0.2) is 33.6 Å². The number of amides is 1. The molecular formula is C19H22N2O3S. The van der Waals surface area contributed by atoms with Gasteiger partial charge in [-0.15, -0.1) is 11.8 Å².